The monoisotopic (exact) mass is 175 g/mol. The molecule has 0 rings (SSSR count). The van der Waals surface area contributed by atoms with E-state index in [1.807, 2.05) is 6.92 Å². The maximum atomic E-state index is 11.0. The summed E-state index contributed by atoms with van der Waals surface area (Å²) in [6.07, 6.45) is 0. The predicted molar refractivity (Wildman–Crippen MR) is 45.7 cm³/mol. The molecule has 0 unspecified atom stereocenters. The molecule has 4 nitrogen and oxygen atoms in total. The summed E-state index contributed by atoms with van der Waals surface area (Å²) in [7, 11) is 0. The summed E-state index contributed by atoms with van der Waals surface area (Å²) in [5.74, 6) is -0.239. The zero-order valence-corrected chi connectivity index (χ0v) is 7.92. The van der Waals surface area contributed by atoms with Gasteiger partial charge in [-0.1, -0.05) is 0 Å². The highest BCUT2D eigenvalue weighted by atomic mass is 16.5. The molecule has 1 N–H and O–H groups in total. The third-order valence-electron chi connectivity index (χ3n) is 1.34. The second-order valence-corrected chi connectivity index (χ2v) is 2.31. The van der Waals surface area contributed by atoms with E-state index >= 15 is 0 Å². The molecule has 0 fully saturated rings. The van der Waals surface area contributed by atoms with Crippen LogP contribution in [-0.4, -0.2) is 32.0 Å². The Balaban J connectivity index is 3.42. The van der Waals surface area contributed by atoms with Gasteiger partial charge in [-0.15, -0.1) is 0 Å². The molecule has 0 aliphatic heterocycles. The van der Waals surface area contributed by atoms with E-state index in [1.54, 1.807) is 13.8 Å². The first-order valence-corrected chi connectivity index (χ1v) is 4.20. The Labute approximate surface area is 73.2 Å². The largest absolute Gasteiger partial charge is 0.465 e. The third kappa shape index (κ3) is 5.09. The van der Waals surface area contributed by atoms with Crippen molar-refractivity contribution in [2.75, 3.05) is 19.9 Å². The minimum absolute atomic E-state index is 0.239. The van der Waals surface area contributed by atoms with Crippen LogP contribution in [0.4, 0.5) is 0 Å². The summed E-state index contributed by atoms with van der Waals surface area (Å²) >= 11 is 0. The normalized spacial score (nSPS) is 12.6. The van der Waals surface area contributed by atoms with Gasteiger partial charge in [-0.3, -0.25) is 10.1 Å². The van der Waals surface area contributed by atoms with Gasteiger partial charge in [0.15, 0.2) is 0 Å². The summed E-state index contributed by atoms with van der Waals surface area (Å²) in [5, 5.41) is 2.87. The van der Waals surface area contributed by atoms with Crippen molar-refractivity contribution in [3.8, 4) is 0 Å². The lowest BCUT2D eigenvalue weighted by Crippen LogP contribution is -2.36. The Morgan fingerprint density at radius 2 is 2.08 bits per heavy atom. The maximum Gasteiger partial charge on any atom is 0.322 e. The van der Waals surface area contributed by atoms with Gasteiger partial charge < -0.3 is 9.47 Å². The second kappa shape index (κ2) is 7.06. The summed E-state index contributed by atoms with van der Waals surface area (Å²) in [6, 6.07) is -0.295. The van der Waals surface area contributed by atoms with Crippen molar-refractivity contribution in [1.82, 2.24) is 5.32 Å². The standard InChI is InChI=1S/C8H17NO3/c1-4-11-6-9-7(3)8(10)12-5-2/h7,9H,4-6H2,1-3H3/t7-/m0/s1. The second-order valence-electron chi connectivity index (χ2n) is 2.31. The van der Waals surface area contributed by atoms with E-state index in [4.69, 9.17) is 9.47 Å². The van der Waals surface area contributed by atoms with Gasteiger partial charge in [-0.2, -0.15) is 0 Å². The topological polar surface area (TPSA) is 47.6 Å². The van der Waals surface area contributed by atoms with Crippen molar-refractivity contribution in [1.29, 1.82) is 0 Å². The molecule has 0 spiro atoms. The van der Waals surface area contributed by atoms with Crippen LogP contribution < -0.4 is 5.32 Å². The average molecular weight is 175 g/mol. The van der Waals surface area contributed by atoms with E-state index in [1.165, 1.54) is 0 Å². The van der Waals surface area contributed by atoms with Gasteiger partial charge in [0.2, 0.25) is 0 Å². The molecule has 0 radical (unpaired) electrons. The number of esters is 1. The number of carbonyl (C=O) groups excluding carboxylic acids is 1. The molecule has 0 saturated heterocycles. The third-order valence-corrected chi connectivity index (χ3v) is 1.34. The van der Waals surface area contributed by atoms with Crippen molar-refractivity contribution in [3.63, 3.8) is 0 Å². The van der Waals surface area contributed by atoms with E-state index in [0.29, 0.717) is 19.9 Å². The molecular formula is C8H17NO3. The van der Waals surface area contributed by atoms with Crippen molar-refractivity contribution in [3.05, 3.63) is 0 Å². The van der Waals surface area contributed by atoms with Crippen molar-refractivity contribution in [2.45, 2.75) is 26.8 Å². The Hall–Kier alpha value is -0.610. The van der Waals surface area contributed by atoms with Gasteiger partial charge in [-0.05, 0) is 20.8 Å². The molecule has 0 amide bonds. The quantitative estimate of drug-likeness (QED) is 0.363. The van der Waals surface area contributed by atoms with Crippen LogP contribution in [0.3, 0.4) is 0 Å². The lowest BCUT2D eigenvalue weighted by atomic mass is 10.3. The minimum atomic E-state index is -0.295. The molecule has 0 aromatic rings. The molecule has 0 heterocycles. The van der Waals surface area contributed by atoms with Crippen LogP contribution in [0, 0.1) is 0 Å². The van der Waals surface area contributed by atoms with Gasteiger partial charge in [0.25, 0.3) is 0 Å². The lowest BCUT2D eigenvalue weighted by molar-refractivity contribution is -0.145. The summed E-state index contributed by atoms with van der Waals surface area (Å²) < 4.78 is 9.79. The molecule has 0 aromatic heterocycles. The van der Waals surface area contributed by atoms with Crippen LogP contribution in [0.1, 0.15) is 20.8 Å². The number of nitrogens with one attached hydrogen (secondary N) is 1. The van der Waals surface area contributed by atoms with Crippen molar-refractivity contribution < 1.29 is 14.3 Å². The molecule has 0 bridgehead atoms. The average Bonchev–Trinajstić information content (AvgIpc) is 2.05. The molecule has 0 aromatic carbocycles. The first-order chi connectivity index (χ1) is 5.72. The van der Waals surface area contributed by atoms with Gasteiger partial charge in [0.05, 0.1) is 13.3 Å². The van der Waals surface area contributed by atoms with Crippen molar-refractivity contribution >= 4 is 5.97 Å². The predicted octanol–water partition coefficient (Wildman–Crippen LogP) is 0.522. The van der Waals surface area contributed by atoms with E-state index in [9.17, 15) is 4.79 Å². The molecule has 0 saturated carbocycles. The number of hydrogen-bond donors (Lipinski definition) is 1. The van der Waals surface area contributed by atoms with Crippen LogP contribution in [0.2, 0.25) is 0 Å². The molecular weight excluding hydrogens is 158 g/mol. The smallest absolute Gasteiger partial charge is 0.322 e. The molecule has 1 atom stereocenters. The number of carbonyl (C=O) groups is 1. The van der Waals surface area contributed by atoms with Gasteiger partial charge >= 0.3 is 5.97 Å². The fourth-order valence-corrected chi connectivity index (χ4v) is 0.637. The van der Waals surface area contributed by atoms with E-state index in [-0.39, 0.29) is 12.0 Å². The summed E-state index contributed by atoms with van der Waals surface area (Å²) in [4.78, 5) is 11.0. The first-order valence-electron chi connectivity index (χ1n) is 4.20. The first kappa shape index (κ1) is 11.4. The van der Waals surface area contributed by atoms with Gasteiger partial charge in [0.1, 0.15) is 6.04 Å². The van der Waals surface area contributed by atoms with Crippen LogP contribution in [0.25, 0.3) is 0 Å². The zero-order valence-electron chi connectivity index (χ0n) is 7.92. The fourth-order valence-electron chi connectivity index (χ4n) is 0.637. The summed E-state index contributed by atoms with van der Waals surface area (Å²) in [5.41, 5.74) is 0. The van der Waals surface area contributed by atoms with Crippen molar-refractivity contribution in [2.24, 2.45) is 0 Å². The molecule has 4 heteroatoms. The number of ether oxygens (including phenoxy) is 2. The lowest BCUT2D eigenvalue weighted by Gasteiger charge is -2.11. The number of hydrogen-bond acceptors (Lipinski definition) is 4. The number of rotatable bonds is 6. The minimum Gasteiger partial charge on any atom is -0.465 e. The van der Waals surface area contributed by atoms with Crippen LogP contribution in [0.5, 0.6) is 0 Å². The highest BCUT2D eigenvalue weighted by Crippen LogP contribution is 1.87. The molecule has 12 heavy (non-hydrogen) atoms. The highest BCUT2D eigenvalue weighted by molar-refractivity contribution is 5.75. The van der Waals surface area contributed by atoms with Crippen LogP contribution in [-0.2, 0) is 14.3 Å². The van der Waals surface area contributed by atoms with E-state index in [0.717, 1.165) is 0 Å². The van der Waals surface area contributed by atoms with Crippen LogP contribution >= 0.6 is 0 Å². The molecule has 72 valence electrons. The summed E-state index contributed by atoms with van der Waals surface area (Å²) in [6.45, 7) is 6.87. The SMILES string of the molecule is CCOCN[C@@H](C)C(=O)OCC. The Morgan fingerprint density at radius 1 is 1.42 bits per heavy atom. The Bertz CT molecular complexity index is 127. The van der Waals surface area contributed by atoms with E-state index < -0.39 is 0 Å². The Morgan fingerprint density at radius 3 is 2.58 bits per heavy atom. The van der Waals surface area contributed by atoms with Gasteiger partial charge in [-0.25, -0.2) is 0 Å². The Kier molecular flexibility index (Phi) is 6.70. The highest BCUT2D eigenvalue weighted by Gasteiger charge is 2.11. The maximum absolute atomic E-state index is 11.0. The van der Waals surface area contributed by atoms with Gasteiger partial charge in [0, 0.05) is 6.61 Å². The molecule has 0 aliphatic rings. The van der Waals surface area contributed by atoms with Crippen LogP contribution in [0.15, 0.2) is 0 Å². The zero-order chi connectivity index (χ0) is 9.40. The molecule has 0 aliphatic carbocycles. The van der Waals surface area contributed by atoms with E-state index in [2.05, 4.69) is 5.32 Å². The fraction of sp³-hybridized carbons (Fsp3) is 0.875.